The lowest BCUT2D eigenvalue weighted by Crippen LogP contribution is -2.23. The van der Waals surface area contributed by atoms with Gasteiger partial charge in [0.2, 0.25) is 0 Å². The highest BCUT2D eigenvalue weighted by atomic mass is 16.6. The molecule has 0 unspecified atom stereocenters. The first-order valence-electron chi connectivity index (χ1n) is 9.59. The minimum absolute atomic E-state index is 0.00420. The second-order valence-corrected chi connectivity index (χ2v) is 6.63. The lowest BCUT2D eigenvalue weighted by molar-refractivity contribution is -0.140. The number of nitrogens with one attached hydrogen (secondary N) is 1. The van der Waals surface area contributed by atoms with Gasteiger partial charge >= 0.3 is 5.97 Å². The van der Waals surface area contributed by atoms with E-state index in [0.29, 0.717) is 18.1 Å². The number of anilines is 1. The number of para-hydroxylation sites is 1. The smallest absolute Gasteiger partial charge is 0.314 e. The Labute approximate surface area is 160 Å². The molecular weight excluding hydrogens is 340 g/mol. The van der Waals surface area contributed by atoms with Crippen LogP contribution in [0.5, 0.6) is 11.5 Å². The van der Waals surface area contributed by atoms with Crippen molar-refractivity contribution < 1.29 is 14.3 Å². The largest absolute Gasteiger partial charge is 0.490 e. The molecule has 1 aliphatic rings. The van der Waals surface area contributed by atoms with E-state index in [1.807, 2.05) is 49.4 Å². The van der Waals surface area contributed by atoms with Gasteiger partial charge in [0.25, 0.3) is 0 Å². The second-order valence-electron chi connectivity index (χ2n) is 6.63. The second kappa shape index (κ2) is 9.76. The number of carbonyl (C=O) groups is 1. The molecule has 1 saturated carbocycles. The summed E-state index contributed by atoms with van der Waals surface area (Å²) in [6.07, 6.45) is 6.95. The predicted molar refractivity (Wildman–Crippen MR) is 107 cm³/mol. The highest BCUT2D eigenvalue weighted by Gasteiger charge is 2.24. The van der Waals surface area contributed by atoms with E-state index in [9.17, 15) is 4.79 Å². The van der Waals surface area contributed by atoms with Gasteiger partial charge in [-0.15, -0.1) is 0 Å². The van der Waals surface area contributed by atoms with E-state index < -0.39 is 0 Å². The molecule has 1 N–H and O–H groups in total. The maximum Gasteiger partial charge on any atom is 0.314 e. The number of rotatable bonds is 7. The van der Waals surface area contributed by atoms with Crippen LogP contribution in [0.15, 0.2) is 53.6 Å². The van der Waals surface area contributed by atoms with Gasteiger partial charge in [0.15, 0.2) is 11.5 Å². The number of ether oxygens (including phenoxy) is 2. The molecule has 0 heterocycles. The fraction of sp³-hybridized carbons (Fsp3) is 0.364. The van der Waals surface area contributed by atoms with E-state index in [-0.39, 0.29) is 11.9 Å². The van der Waals surface area contributed by atoms with Crippen molar-refractivity contribution >= 4 is 17.9 Å². The van der Waals surface area contributed by atoms with E-state index in [1.54, 1.807) is 12.3 Å². The van der Waals surface area contributed by atoms with E-state index in [0.717, 1.165) is 36.9 Å². The molecule has 3 rings (SSSR count). The third-order valence-electron chi connectivity index (χ3n) is 4.60. The quantitative estimate of drug-likeness (QED) is 0.324. The third-order valence-corrected chi connectivity index (χ3v) is 4.60. The molecule has 0 atom stereocenters. The van der Waals surface area contributed by atoms with Gasteiger partial charge in [-0.1, -0.05) is 37.5 Å². The number of benzene rings is 2. The van der Waals surface area contributed by atoms with Crippen LogP contribution in [0.1, 0.15) is 44.6 Å². The normalized spacial score (nSPS) is 14.9. The van der Waals surface area contributed by atoms with Crippen LogP contribution in [0.25, 0.3) is 0 Å². The Morgan fingerprint density at radius 3 is 2.63 bits per heavy atom. The maximum absolute atomic E-state index is 12.4. The van der Waals surface area contributed by atoms with Crippen LogP contribution in [-0.4, -0.2) is 18.8 Å². The predicted octanol–water partition coefficient (Wildman–Crippen LogP) is 5.02. The number of carbonyl (C=O) groups excluding carboxylic acids is 1. The monoisotopic (exact) mass is 366 g/mol. The van der Waals surface area contributed by atoms with Gasteiger partial charge < -0.3 is 9.47 Å². The standard InChI is InChI=1S/C22H26N2O3/c1-2-26-21-15-17(16-23-24-19-11-7-4-8-12-19)13-14-20(21)27-22(25)18-9-5-3-6-10-18/h4,7-8,11-16,18,24H,2-3,5-6,9-10H2,1H3. The van der Waals surface area contributed by atoms with Crippen molar-refractivity contribution in [3.8, 4) is 11.5 Å². The summed E-state index contributed by atoms with van der Waals surface area (Å²) in [6.45, 7) is 2.40. The Balaban J connectivity index is 1.67. The molecule has 5 nitrogen and oxygen atoms in total. The minimum atomic E-state index is -0.150. The molecule has 27 heavy (non-hydrogen) atoms. The number of hydrazone groups is 1. The molecule has 142 valence electrons. The van der Waals surface area contributed by atoms with Crippen LogP contribution in [0.2, 0.25) is 0 Å². The van der Waals surface area contributed by atoms with Crippen molar-refractivity contribution in [1.82, 2.24) is 0 Å². The van der Waals surface area contributed by atoms with Gasteiger partial charge in [0, 0.05) is 0 Å². The summed E-state index contributed by atoms with van der Waals surface area (Å²) in [5.41, 5.74) is 4.75. The van der Waals surface area contributed by atoms with Crippen molar-refractivity contribution in [3.05, 3.63) is 54.1 Å². The van der Waals surface area contributed by atoms with Crippen molar-refractivity contribution in [2.24, 2.45) is 11.0 Å². The fourth-order valence-electron chi connectivity index (χ4n) is 3.18. The van der Waals surface area contributed by atoms with E-state index in [4.69, 9.17) is 9.47 Å². The fourth-order valence-corrected chi connectivity index (χ4v) is 3.18. The SMILES string of the molecule is CCOc1cc(C=NNc2ccccc2)ccc1OC(=O)C1CCCCC1. The summed E-state index contributed by atoms with van der Waals surface area (Å²) >= 11 is 0. The number of nitrogens with zero attached hydrogens (tertiary/aromatic N) is 1. The Kier molecular flexibility index (Phi) is 6.85. The van der Waals surface area contributed by atoms with Gasteiger partial charge in [-0.2, -0.15) is 5.10 Å². The summed E-state index contributed by atoms with van der Waals surface area (Å²) in [4.78, 5) is 12.4. The zero-order chi connectivity index (χ0) is 18.9. The van der Waals surface area contributed by atoms with Crippen LogP contribution in [0, 0.1) is 5.92 Å². The summed E-state index contributed by atoms with van der Waals surface area (Å²) in [5, 5.41) is 4.24. The van der Waals surface area contributed by atoms with E-state index in [2.05, 4.69) is 10.5 Å². The maximum atomic E-state index is 12.4. The topological polar surface area (TPSA) is 59.9 Å². The molecule has 0 amide bonds. The Morgan fingerprint density at radius 1 is 1.11 bits per heavy atom. The molecular formula is C22H26N2O3. The molecule has 0 saturated heterocycles. The first-order chi connectivity index (χ1) is 13.3. The first-order valence-corrected chi connectivity index (χ1v) is 9.59. The summed E-state index contributed by atoms with van der Waals surface area (Å²) in [6, 6.07) is 15.2. The molecule has 0 radical (unpaired) electrons. The van der Waals surface area contributed by atoms with Crippen LogP contribution in [-0.2, 0) is 4.79 Å². The van der Waals surface area contributed by atoms with Gasteiger partial charge in [0.05, 0.1) is 24.4 Å². The first kappa shape index (κ1) is 19.0. The van der Waals surface area contributed by atoms with Crippen LogP contribution in [0.4, 0.5) is 5.69 Å². The van der Waals surface area contributed by atoms with Gasteiger partial charge in [-0.25, -0.2) is 0 Å². The highest BCUT2D eigenvalue weighted by molar-refractivity contribution is 5.82. The van der Waals surface area contributed by atoms with Crippen LogP contribution >= 0.6 is 0 Å². The van der Waals surface area contributed by atoms with Gasteiger partial charge in [-0.05, 0) is 55.7 Å². The molecule has 1 fully saturated rings. The summed E-state index contributed by atoms with van der Waals surface area (Å²) in [7, 11) is 0. The zero-order valence-corrected chi connectivity index (χ0v) is 15.7. The summed E-state index contributed by atoms with van der Waals surface area (Å²) in [5.74, 6) is 0.887. The molecule has 0 aliphatic heterocycles. The molecule has 0 aromatic heterocycles. The molecule has 0 spiro atoms. The Bertz CT molecular complexity index is 768. The Morgan fingerprint density at radius 2 is 1.89 bits per heavy atom. The molecule has 1 aliphatic carbocycles. The molecule has 5 heteroatoms. The molecule has 2 aromatic rings. The minimum Gasteiger partial charge on any atom is -0.490 e. The van der Waals surface area contributed by atoms with Crippen molar-refractivity contribution in [1.29, 1.82) is 0 Å². The van der Waals surface area contributed by atoms with Crippen LogP contribution < -0.4 is 14.9 Å². The number of esters is 1. The zero-order valence-electron chi connectivity index (χ0n) is 15.7. The van der Waals surface area contributed by atoms with Crippen molar-refractivity contribution in [3.63, 3.8) is 0 Å². The van der Waals surface area contributed by atoms with Gasteiger partial charge in [0.1, 0.15) is 0 Å². The van der Waals surface area contributed by atoms with Crippen LogP contribution in [0.3, 0.4) is 0 Å². The molecule has 0 bridgehead atoms. The van der Waals surface area contributed by atoms with Gasteiger partial charge in [-0.3, -0.25) is 10.2 Å². The lowest BCUT2D eigenvalue weighted by atomic mass is 9.89. The molecule has 2 aromatic carbocycles. The Hall–Kier alpha value is -2.82. The van der Waals surface area contributed by atoms with E-state index in [1.165, 1.54) is 6.42 Å². The number of hydrogen-bond donors (Lipinski definition) is 1. The third kappa shape index (κ3) is 5.58. The lowest BCUT2D eigenvalue weighted by Gasteiger charge is -2.20. The average molecular weight is 366 g/mol. The van der Waals surface area contributed by atoms with E-state index >= 15 is 0 Å². The number of hydrogen-bond acceptors (Lipinski definition) is 5. The van der Waals surface area contributed by atoms with Crippen molar-refractivity contribution in [2.45, 2.75) is 39.0 Å². The highest BCUT2D eigenvalue weighted by Crippen LogP contribution is 2.31. The van der Waals surface area contributed by atoms with Crippen molar-refractivity contribution in [2.75, 3.05) is 12.0 Å². The summed E-state index contributed by atoms with van der Waals surface area (Å²) < 4.78 is 11.3. The average Bonchev–Trinajstić information content (AvgIpc) is 2.71.